The molecular formula is C15H19N3O2. The quantitative estimate of drug-likeness (QED) is 0.847. The van der Waals surface area contributed by atoms with Crippen molar-refractivity contribution in [3.8, 4) is 0 Å². The number of hydrogen-bond donors (Lipinski definition) is 2. The summed E-state index contributed by atoms with van der Waals surface area (Å²) in [6, 6.07) is 0.208. The van der Waals surface area contributed by atoms with E-state index in [9.17, 15) is 9.90 Å². The van der Waals surface area contributed by atoms with Crippen LogP contribution in [0.1, 0.15) is 42.5 Å². The molecule has 1 aromatic rings. The average molecular weight is 273 g/mol. The van der Waals surface area contributed by atoms with Gasteiger partial charge in [-0.15, -0.1) is 0 Å². The smallest absolute Gasteiger partial charge is 0.254 e. The fraction of sp³-hybridized carbons (Fsp3) is 0.667. The van der Waals surface area contributed by atoms with E-state index >= 15 is 0 Å². The van der Waals surface area contributed by atoms with Gasteiger partial charge in [-0.25, -0.2) is 9.97 Å². The highest BCUT2D eigenvalue weighted by Crippen LogP contribution is 2.55. The molecule has 0 radical (unpaired) electrons. The molecule has 5 rings (SSSR count). The summed E-state index contributed by atoms with van der Waals surface area (Å²) in [4.78, 5) is 20.0. The number of nitrogens with one attached hydrogen (secondary N) is 1. The van der Waals surface area contributed by atoms with Crippen molar-refractivity contribution < 1.29 is 9.90 Å². The fourth-order valence-corrected chi connectivity index (χ4v) is 4.87. The zero-order valence-electron chi connectivity index (χ0n) is 11.3. The van der Waals surface area contributed by atoms with E-state index in [4.69, 9.17) is 0 Å². The predicted molar refractivity (Wildman–Crippen MR) is 71.8 cm³/mol. The van der Waals surface area contributed by atoms with Crippen LogP contribution in [-0.4, -0.2) is 32.6 Å². The van der Waals surface area contributed by atoms with Crippen molar-refractivity contribution in [2.75, 3.05) is 0 Å². The molecule has 4 aliphatic rings. The molecule has 5 nitrogen and oxygen atoms in total. The van der Waals surface area contributed by atoms with Gasteiger partial charge in [0.05, 0.1) is 11.2 Å². The Bertz CT molecular complexity index is 517. The van der Waals surface area contributed by atoms with Crippen molar-refractivity contribution >= 4 is 5.91 Å². The van der Waals surface area contributed by atoms with Crippen molar-refractivity contribution in [1.29, 1.82) is 0 Å². The maximum atomic E-state index is 12.3. The van der Waals surface area contributed by atoms with Crippen LogP contribution >= 0.6 is 0 Å². The van der Waals surface area contributed by atoms with E-state index in [1.54, 1.807) is 12.4 Å². The third-order valence-corrected chi connectivity index (χ3v) is 5.36. The maximum absolute atomic E-state index is 12.3. The summed E-state index contributed by atoms with van der Waals surface area (Å²) in [5.74, 6) is 1.43. The molecule has 0 aliphatic heterocycles. The molecule has 4 bridgehead atoms. The van der Waals surface area contributed by atoms with Crippen LogP contribution in [0.2, 0.25) is 0 Å². The Morgan fingerprint density at radius 2 is 1.85 bits per heavy atom. The number of carbonyl (C=O) groups is 1. The van der Waals surface area contributed by atoms with Gasteiger partial charge in [0.1, 0.15) is 6.33 Å². The van der Waals surface area contributed by atoms with Gasteiger partial charge in [-0.2, -0.15) is 0 Å². The van der Waals surface area contributed by atoms with Gasteiger partial charge in [-0.3, -0.25) is 4.79 Å². The minimum Gasteiger partial charge on any atom is -0.390 e. The lowest BCUT2D eigenvalue weighted by atomic mass is 9.52. The summed E-state index contributed by atoms with van der Waals surface area (Å²) in [6.45, 7) is 0. The van der Waals surface area contributed by atoms with Crippen molar-refractivity contribution in [3.63, 3.8) is 0 Å². The van der Waals surface area contributed by atoms with Gasteiger partial charge in [0.15, 0.2) is 0 Å². The van der Waals surface area contributed by atoms with Crippen molar-refractivity contribution in [3.05, 3.63) is 24.3 Å². The second kappa shape index (κ2) is 4.25. The molecule has 1 aromatic heterocycles. The van der Waals surface area contributed by atoms with Crippen LogP contribution in [0.3, 0.4) is 0 Å². The molecule has 4 fully saturated rings. The Balaban J connectivity index is 1.52. The molecule has 20 heavy (non-hydrogen) atoms. The third kappa shape index (κ3) is 1.92. The third-order valence-electron chi connectivity index (χ3n) is 5.36. The van der Waals surface area contributed by atoms with E-state index < -0.39 is 5.60 Å². The lowest BCUT2D eigenvalue weighted by Crippen LogP contribution is -2.61. The molecule has 0 saturated heterocycles. The van der Waals surface area contributed by atoms with E-state index in [1.807, 2.05) is 0 Å². The van der Waals surface area contributed by atoms with Crippen molar-refractivity contribution in [2.45, 2.75) is 43.7 Å². The Morgan fingerprint density at radius 3 is 2.45 bits per heavy atom. The number of amides is 1. The van der Waals surface area contributed by atoms with E-state index in [2.05, 4.69) is 15.3 Å². The minimum absolute atomic E-state index is 0.0879. The van der Waals surface area contributed by atoms with Gasteiger partial charge in [0, 0.05) is 18.4 Å². The molecule has 1 amide bonds. The molecular weight excluding hydrogens is 254 g/mol. The summed E-state index contributed by atoms with van der Waals surface area (Å²) in [6.07, 6.45) is 9.47. The average Bonchev–Trinajstić information content (AvgIpc) is 2.42. The van der Waals surface area contributed by atoms with Crippen LogP contribution in [0.25, 0.3) is 0 Å². The highest BCUT2D eigenvalue weighted by atomic mass is 16.3. The predicted octanol–water partition coefficient (Wildman–Crippen LogP) is 1.15. The van der Waals surface area contributed by atoms with E-state index in [0.29, 0.717) is 23.3 Å². The zero-order chi connectivity index (χ0) is 13.7. The second-order valence-electron chi connectivity index (χ2n) is 6.82. The van der Waals surface area contributed by atoms with Gasteiger partial charge in [0.25, 0.3) is 5.91 Å². The van der Waals surface area contributed by atoms with Crippen LogP contribution in [0.5, 0.6) is 0 Å². The lowest BCUT2D eigenvalue weighted by Gasteiger charge is -2.58. The van der Waals surface area contributed by atoms with Gasteiger partial charge < -0.3 is 10.4 Å². The topological polar surface area (TPSA) is 75.1 Å². The molecule has 4 saturated carbocycles. The molecule has 4 aliphatic carbocycles. The molecule has 2 N–H and O–H groups in total. The Morgan fingerprint density at radius 1 is 1.20 bits per heavy atom. The number of rotatable bonds is 2. The lowest BCUT2D eigenvalue weighted by molar-refractivity contribution is -0.136. The molecule has 2 atom stereocenters. The van der Waals surface area contributed by atoms with Gasteiger partial charge in [0.2, 0.25) is 0 Å². The van der Waals surface area contributed by atoms with Crippen LogP contribution in [0, 0.1) is 17.8 Å². The molecule has 5 heteroatoms. The number of aliphatic hydroxyl groups is 1. The number of hydrogen-bond acceptors (Lipinski definition) is 4. The largest absolute Gasteiger partial charge is 0.390 e. The molecule has 106 valence electrons. The summed E-state index contributed by atoms with van der Waals surface area (Å²) < 4.78 is 0. The molecule has 0 aromatic carbocycles. The summed E-state index contributed by atoms with van der Waals surface area (Å²) in [7, 11) is 0. The van der Waals surface area contributed by atoms with E-state index in [1.165, 1.54) is 6.33 Å². The van der Waals surface area contributed by atoms with Crippen molar-refractivity contribution in [1.82, 2.24) is 15.3 Å². The monoisotopic (exact) mass is 273 g/mol. The van der Waals surface area contributed by atoms with E-state index in [-0.39, 0.29) is 11.9 Å². The first-order valence-electron chi connectivity index (χ1n) is 7.41. The fourth-order valence-electron chi connectivity index (χ4n) is 4.87. The van der Waals surface area contributed by atoms with Gasteiger partial charge >= 0.3 is 0 Å². The maximum Gasteiger partial charge on any atom is 0.254 e. The molecule has 1 heterocycles. The SMILES string of the molecule is O=C(NC1C2CC3CC1CC(O)(C3)C2)c1cncnc1. The summed E-state index contributed by atoms with van der Waals surface area (Å²) in [5.41, 5.74) is 0.0631. The zero-order valence-corrected chi connectivity index (χ0v) is 11.3. The summed E-state index contributed by atoms with van der Waals surface area (Å²) >= 11 is 0. The Hall–Kier alpha value is -1.49. The summed E-state index contributed by atoms with van der Waals surface area (Å²) in [5, 5.41) is 13.7. The molecule has 2 unspecified atom stereocenters. The first kappa shape index (κ1) is 12.3. The Kier molecular flexibility index (Phi) is 2.61. The van der Waals surface area contributed by atoms with Crippen LogP contribution in [-0.2, 0) is 0 Å². The van der Waals surface area contributed by atoms with Crippen molar-refractivity contribution in [2.24, 2.45) is 17.8 Å². The highest BCUT2D eigenvalue weighted by molar-refractivity contribution is 5.93. The second-order valence-corrected chi connectivity index (χ2v) is 6.82. The first-order valence-corrected chi connectivity index (χ1v) is 7.41. The normalized spacial score (nSPS) is 41.6. The standard InChI is InChI=1S/C15H19N3O2/c19-14(12-6-16-8-17-7-12)18-13-10-1-9-2-11(13)5-15(20,3-9)4-10/h6-11,13,20H,1-5H2,(H,18,19). The Labute approximate surface area is 117 Å². The number of carbonyl (C=O) groups excluding carboxylic acids is 1. The van der Waals surface area contributed by atoms with E-state index in [0.717, 1.165) is 32.1 Å². The number of nitrogens with zero attached hydrogens (tertiary/aromatic N) is 2. The molecule has 0 spiro atoms. The van der Waals surface area contributed by atoms with Crippen LogP contribution in [0.15, 0.2) is 18.7 Å². The first-order chi connectivity index (χ1) is 9.63. The number of aromatic nitrogens is 2. The minimum atomic E-state index is -0.451. The highest BCUT2D eigenvalue weighted by Gasteiger charge is 2.55. The van der Waals surface area contributed by atoms with Gasteiger partial charge in [-0.1, -0.05) is 0 Å². The van der Waals surface area contributed by atoms with Crippen LogP contribution in [0.4, 0.5) is 0 Å². The van der Waals surface area contributed by atoms with Gasteiger partial charge in [-0.05, 0) is 49.9 Å². The van der Waals surface area contributed by atoms with Crippen LogP contribution < -0.4 is 5.32 Å².